The van der Waals surface area contributed by atoms with E-state index in [9.17, 15) is 9.59 Å². The number of nitrogens with one attached hydrogen (secondary N) is 1. The molecule has 2 atom stereocenters. The van der Waals surface area contributed by atoms with Gasteiger partial charge in [0.15, 0.2) is 0 Å². The van der Waals surface area contributed by atoms with Crippen LogP contribution in [0.15, 0.2) is 42.7 Å². The molecule has 5 rings (SSSR count). The monoisotopic (exact) mass is 404 g/mol. The number of carbonyl (C=O) groups is 2. The molecule has 154 valence electrons. The van der Waals surface area contributed by atoms with Crippen molar-refractivity contribution < 1.29 is 9.59 Å². The first kappa shape index (κ1) is 18.6. The Bertz CT molecular complexity index is 1160. The number of para-hydroxylation sites is 1. The number of carbonyl (C=O) groups excluding carboxylic acids is 2. The number of imidazole rings is 1. The molecule has 1 saturated heterocycles. The maximum absolute atomic E-state index is 13.4. The van der Waals surface area contributed by atoms with Crippen LogP contribution in [0.25, 0.3) is 0 Å². The maximum Gasteiger partial charge on any atom is 0.244 e. The Balaban J connectivity index is 1.60. The number of fused-ring (bicyclic) bond motifs is 2. The van der Waals surface area contributed by atoms with E-state index in [-0.39, 0.29) is 18.4 Å². The van der Waals surface area contributed by atoms with E-state index < -0.39 is 11.5 Å². The normalized spacial score (nSPS) is 22.6. The Labute approximate surface area is 174 Å². The second kappa shape index (κ2) is 6.55. The number of aromatic nitrogens is 4. The van der Waals surface area contributed by atoms with Crippen LogP contribution in [-0.2, 0) is 28.6 Å². The standard InChI is InChI=1S/C22H24N6O2/c1-14-12-15(2)28(25-14)13-18(29)27-10-8-22(19(27)20-23-9-11-26(20)3)16-6-4-5-7-17(16)24-21(22)30/h4-7,9,11-12,19H,8,10,13H2,1-3H3,(H,24,30)/t19-,22+/m0/s1. The van der Waals surface area contributed by atoms with E-state index in [1.165, 1.54) is 0 Å². The van der Waals surface area contributed by atoms with E-state index in [1.54, 1.807) is 15.8 Å². The van der Waals surface area contributed by atoms with Gasteiger partial charge in [-0.1, -0.05) is 18.2 Å². The van der Waals surface area contributed by atoms with Crippen molar-refractivity contribution in [1.29, 1.82) is 0 Å². The van der Waals surface area contributed by atoms with Crippen LogP contribution in [0.2, 0.25) is 0 Å². The molecule has 0 unspecified atom stereocenters. The summed E-state index contributed by atoms with van der Waals surface area (Å²) in [6, 6.07) is 9.22. The van der Waals surface area contributed by atoms with Gasteiger partial charge in [0.2, 0.25) is 11.8 Å². The highest BCUT2D eigenvalue weighted by Gasteiger charge is 2.60. The Morgan fingerprint density at radius 2 is 2.10 bits per heavy atom. The first-order chi connectivity index (χ1) is 14.4. The second-order valence-corrected chi connectivity index (χ2v) is 8.19. The molecule has 3 aromatic rings. The summed E-state index contributed by atoms with van der Waals surface area (Å²) in [5.74, 6) is 0.572. The molecule has 1 spiro atoms. The summed E-state index contributed by atoms with van der Waals surface area (Å²) in [7, 11) is 1.90. The number of rotatable bonds is 3. The lowest BCUT2D eigenvalue weighted by atomic mass is 9.74. The lowest BCUT2D eigenvalue weighted by Gasteiger charge is -2.33. The summed E-state index contributed by atoms with van der Waals surface area (Å²) in [5, 5.41) is 7.47. The Kier molecular flexibility index (Phi) is 4.06. The molecule has 2 aliphatic rings. The highest BCUT2D eigenvalue weighted by atomic mass is 16.2. The van der Waals surface area contributed by atoms with Gasteiger partial charge in [0.05, 0.1) is 5.69 Å². The third-order valence-corrected chi connectivity index (χ3v) is 6.40. The van der Waals surface area contributed by atoms with Crippen LogP contribution in [0.4, 0.5) is 5.69 Å². The molecule has 0 saturated carbocycles. The van der Waals surface area contributed by atoms with Gasteiger partial charge in [0.25, 0.3) is 0 Å². The molecule has 1 fully saturated rings. The molecule has 8 nitrogen and oxygen atoms in total. The van der Waals surface area contributed by atoms with Crippen molar-refractivity contribution in [3.8, 4) is 0 Å². The van der Waals surface area contributed by atoms with E-state index in [4.69, 9.17) is 0 Å². The van der Waals surface area contributed by atoms with Crippen molar-refractivity contribution in [2.24, 2.45) is 7.05 Å². The van der Waals surface area contributed by atoms with E-state index >= 15 is 0 Å². The third-order valence-electron chi connectivity index (χ3n) is 6.40. The number of nitrogens with zero attached hydrogens (tertiary/aromatic N) is 5. The fraction of sp³-hybridized carbons (Fsp3) is 0.364. The fourth-order valence-electron chi connectivity index (χ4n) is 5.01. The number of hydrogen-bond donors (Lipinski definition) is 1. The van der Waals surface area contributed by atoms with Crippen LogP contribution in [0.5, 0.6) is 0 Å². The average molecular weight is 404 g/mol. The minimum Gasteiger partial charge on any atom is -0.336 e. The van der Waals surface area contributed by atoms with Crippen LogP contribution >= 0.6 is 0 Å². The Hall–Kier alpha value is -3.42. The first-order valence-corrected chi connectivity index (χ1v) is 10.1. The Morgan fingerprint density at radius 1 is 1.30 bits per heavy atom. The van der Waals surface area contributed by atoms with Crippen LogP contribution in [-0.4, -0.2) is 42.6 Å². The SMILES string of the molecule is Cc1cc(C)n(CC(=O)N2CC[C@]3(C(=O)Nc4ccccc43)[C@@H]2c2nccn2C)n1. The van der Waals surface area contributed by atoms with Crippen molar-refractivity contribution in [3.05, 3.63) is 65.5 Å². The predicted octanol–water partition coefficient (Wildman–Crippen LogP) is 2.10. The average Bonchev–Trinajstić information content (AvgIpc) is 3.44. The molecule has 0 radical (unpaired) electrons. The zero-order valence-corrected chi connectivity index (χ0v) is 17.3. The third kappa shape index (κ3) is 2.52. The molecule has 30 heavy (non-hydrogen) atoms. The molecule has 1 aromatic carbocycles. The van der Waals surface area contributed by atoms with Crippen LogP contribution in [0, 0.1) is 13.8 Å². The summed E-state index contributed by atoms with van der Waals surface area (Å²) >= 11 is 0. The summed E-state index contributed by atoms with van der Waals surface area (Å²) in [5.41, 5.74) is 2.72. The summed E-state index contributed by atoms with van der Waals surface area (Å²) in [4.78, 5) is 33.2. The molecule has 0 aliphatic carbocycles. The molecule has 8 heteroatoms. The van der Waals surface area contributed by atoms with Gasteiger partial charge in [-0.15, -0.1) is 0 Å². The van der Waals surface area contributed by atoms with Gasteiger partial charge < -0.3 is 14.8 Å². The Morgan fingerprint density at radius 3 is 2.80 bits per heavy atom. The van der Waals surface area contributed by atoms with Crippen molar-refractivity contribution >= 4 is 17.5 Å². The predicted molar refractivity (Wildman–Crippen MR) is 111 cm³/mol. The molecule has 2 amide bonds. The van der Waals surface area contributed by atoms with Gasteiger partial charge in [-0.25, -0.2) is 4.98 Å². The van der Waals surface area contributed by atoms with E-state index in [0.29, 0.717) is 18.8 Å². The number of amides is 2. The van der Waals surface area contributed by atoms with E-state index in [0.717, 1.165) is 22.6 Å². The van der Waals surface area contributed by atoms with Crippen molar-refractivity contribution in [2.45, 2.75) is 38.3 Å². The molecule has 2 aromatic heterocycles. The number of aryl methyl sites for hydroxylation is 3. The van der Waals surface area contributed by atoms with Crippen molar-refractivity contribution in [3.63, 3.8) is 0 Å². The smallest absolute Gasteiger partial charge is 0.244 e. The molecule has 2 aliphatic heterocycles. The highest BCUT2D eigenvalue weighted by Crippen LogP contribution is 2.54. The highest BCUT2D eigenvalue weighted by molar-refractivity contribution is 6.07. The minimum absolute atomic E-state index is 0.0664. The molecular weight excluding hydrogens is 380 g/mol. The van der Waals surface area contributed by atoms with Gasteiger partial charge >= 0.3 is 0 Å². The van der Waals surface area contributed by atoms with Crippen LogP contribution in [0.3, 0.4) is 0 Å². The first-order valence-electron chi connectivity index (χ1n) is 10.1. The fourth-order valence-corrected chi connectivity index (χ4v) is 5.01. The van der Waals surface area contributed by atoms with Gasteiger partial charge in [0, 0.05) is 37.4 Å². The lowest BCUT2D eigenvalue weighted by molar-refractivity contribution is -0.134. The molecular formula is C22H24N6O2. The lowest BCUT2D eigenvalue weighted by Crippen LogP contribution is -2.44. The second-order valence-electron chi connectivity index (χ2n) is 8.19. The van der Waals surface area contributed by atoms with E-state index in [2.05, 4.69) is 15.4 Å². The number of hydrogen-bond acceptors (Lipinski definition) is 4. The van der Waals surface area contributed by atoms with Crippen LogP contribution < -0.4 is 5.32 Å². The van der Waals surface area contributed by atoms with Gasteiger partial charge in [-0.2, -0.15) is 5.10 Å². The quantitative estimate of drug-likeness (QED) is 0.725. The topological polar surface area (TPSA) is 85.0 Å². The molecule has 0 bridgehead atoms. The zero-order valence-electron chi connectivity index (χ0n) is 17.3. The van der Waals surface area contributed by atoms with Crippen LogP contribution in [0.1, 0.15) is 35.2 Å². The van der Waals surface area contributed by atoms with Crippen molar-refractivity contribution in [1.82, 2.24) is 24.2 Å². The summed E-state index contributed by atoms with van der Waals surface area (Å²) < 4.78 is 3.62. The minimum atomic E-state index is -0.847. The summed E-state index contributed by atoms with van der Waals surface area (Å²) in [6.45, 7) is 4.47. The molecule has 1 N–H and O–H groups in total. The maximum atomic E-state index is 13.4. The van der Waals surface area contributed by atoms with Crippen molar-refractivity contribution in [2.75, 3.05) is 11.9 Å². The molecule has 4 heterocycles. The van der Waals surface area contributed by atoms with E-state index in [1.807, 2.05) is 62.0 Å². The van der Waals surface area contributed by atoms with Gasteiger partial charge in [-0.05, 0) is 38.0 Å². The number of likely N-dealkylation sites (tertiary alicyclic amines) is 1. The number of anilines is 1. The van der Waals surface area contributed by atoms with Gasteiger partial charge in [-0.3, -0.25) is 14.3 Å². The van der Waals surface area contributed by atoms with Gasteiger partial charge in [0.1, 0.15) is 23.8 Å². The summed E-state index contributed by atoms with van der Waals surface area (Å²) in [6.07, 6.45) is 4.11. The zero-order chi connectivity index (χ0) is 21.0. The largest absolute Gasteiger partial charge is 0.336 e. The number of benzene rings is 1.